The van der Waals surface area contributed by atoms with Crippen molar-refractivity contribution in [1.82, 2.24) is 0 Å². The van der Waals surface area contributed by atoms with Gasteiger partial charge in [-0.3, -0.25) is 0 Å². The van der Waals surface area contributed by atoms with Crippen molar-refractivity contribution in [2.75, 3.05) is 4.90 Å². The standard InChI is InChI=1S/C62H43NO2Si/c1-66(2)56-30-16-12-25-49(56)60-51(27-17-31-57(60)66)63(50-26-13-9-22-44(50)40-18-5-3-6-19-40)43-34-32-42(33-35-43)59-46(37-39-55-62(59)48-24-11-15-29-53(48)65-55)45-36-38-54-61(47-23-10-14-28-52(47)64-54)58(45)41-20-7-4-8-21-41/h3-39H,1-2H3. The highest BCUT2D eigenvalue weighted by Crippen LogP contribution is 2.50. The number of hydrogen-bond donors (Lipinski definition) is 0. The average Bonchev–Trinajstić information content (AvgIpc) is 4.02. The fraction of sp³-hybridized carbons (Fsp3) is 0.0323. The number of furan rings is 2. The molecule has 0 amide bonds. The number of nitrogens with zero attached hydrogens (tertiary/aromatic N) is 1. The van der Waals surface area contributed by atoms with Crippen molar-refractivity contribution in [1.29, 1.82) is 0 Å². The normalized spacial score (nSPS) is 12.8. The van der Waals surface area contributed by atoms with E-state index in [4.69, 9.17) is 8.83 Å². The molecular formula is C62H43NO2Si. The Kier molecular flexibility index (Phi) is 8.67. The molecule has 3 heterocycles. The van der Waals surface area contributed by atoms with Gasteiger partial charge in [0.2, 0.25) is 0 Å². The Balaban J connectivity index is 1.07. The maximum Gasteiger partial charge on any atom is 0.136 e. The topological polar surface area (TPSA) is 29.5 Å². The molecule has 13 rings (SSSR count). The number of rotatable bonds is 7. The molecule has 0 unspecified atom stereocenters. The van der Waals surface area contributed by atoms with E-state index in [2.05, 4.69) is 236 Å². The largest absolute Gasteiger partial charge is 0.456 e. The zero-order chi connectivity index (χ0) is 43.9. The van der Waals surface area contributed by atoms with Crippen molar-refractivity contribution in [3.8, 4) is 55.6 Å². The van der Waals surface area contributed by atoms with Crippen LogP contribution < -0.4 is 15.3 Å². The van der Waals surface area contributed by atoms with E-state index in [1.165, 1.54) is 38.3 Å². The monoisotopic (exact) mass is 861 g/mol. The Labute approximate surface area is 384 Å². The predicted molar refractivity (Wildman–Crippen MR) is 280 cm³/mol. The van der Waals surface area contributed by atoms with Crippen LogP contribution in [0, 0.1) is 0 Å². The van der Waals surface area contributed by atoms with Crippen LogP contribution in [0.3, 0.4) is 0 Å². The van der Waals surface area contributed by atoms with Gasteiger partial charge < -0.3 is 13.7 Å². The third-order valence-electron chi connectivity index (χ3n) is 13.9. The van der Waals surface area contributed by atoms with Gasteiger partial charge in [0, 0.05) is 49.5 Å². The molecule has 12 aromatic rings. The zero-order valence-corrected chi connectivity index (χ0v) is 37.6. The quantitative estimate of drug-likeness (QED) is 0.150. The summed E-state index contributed by atoms with van der Waals surface area (Å²) in [4.78, 5) is 2.50. The number of para-hydroxylation sites is 3. The van der Waals surface area contributed by atoms with E-state index in [1.807, 2.05) is 6.07 Å². The second kappa shape index (κ2) is 14.9. The summed E-state index contributed by atoms with van der Waals surface area (Å²) in [5, 5.41) is 7.37. The predicted octanol–water partition coefficient (Wildman–Crippen LogP) is 16.4. The van der Waals surface area contributed by atoms with Crippen LogP contribution in [0.2, 0.25) is 13.1 Å². The third-order valence-corrected chi connectivity index (χ3v) is 17.5. The first-order valence-electron chi connectivity index (χ1n) is 22.8. The van der Waals surface area contributed by atoms with Crippen LogP contribution >= 0.6 is 0 Å². The summed E-state index contributed by atoms with van der Waals surface area (Å²) >= 11 is 0. The van der Waals surface area contributed by atoms with Gasteiger partial charge in [0.05, 0.1) is 11.4 Å². The van der Waals surface area contributed by atoms with Gasteiger partial charge in [0.1, 0.15) is 30.4 Å². The molecule has 2 aromatic heterocycles. The van der Waals surface area contributed by atoms with Crippen LogP contribution in [0.1, 0.15) is 0 Å². The Hall–Kier alpha value is -8.18. The van der Waals surface area contributed by atoms with Gasteiger partial charge in [-0.25, -0.2) is 0 Å². The summed E-state index contributed by atoms with van der Waals surface area (Å²) in [6.45, 7) is 4.98. The summed E-state index contributed by atoms with van der Waals surface area (Å²) in [5.74, 6) is 0. The second-order valence-corrected chi connectivity index (χ2v) is 22.2. The van der Waals surface area contributed by atoms with Crippen LogP contribution in [-0.4, -0.2) is 8.07 Å². The molecule has 0 spiro atoms. The summed E-state index contributed by atoms with van der Waals surface area (Å²) in [6.07, 6.45) is 0. The lowest BCUT2D eigenvalue weighted by molar-refractivity contribution is 0.668. The van der Waals surface area contributed by atoms with Crippen LogP contribution in [0.25, 0.3) is 99.5 Å². The van der Waals surface area contributed by atoms with Crippen molar-refractivity contribution in [3.63, 3.8) is 0 Å². The highest BCUT2D eigenvalue weighted by atomic mass is 28.3. The fourth-order valence-electron chi connectivity index (χ4n) is 10.9. The van der Waals surface area contributed by atoms with Crippen molar-refractivity contribution < 1.29 is 8.83 Å². The molecule has 0 saturated carbocycles. The molecule has 0 saturated heterocycles. The number of benzene rings is 10. The molecule has 0 atom stereocenters. The molecule has 1 aliphatic rings. The van der Waals surface area contributed by atoms with Crippen molar-refractivity contribution in [3.05, 3.63) is 224 Å². The maximum atomic E-state index is 6.64. The van der Waals surface area contributed by atoms with E-state index in [0.29, 0.717) is 0 Å². The zero-order valence-electron chi connectivity index (χ0n) is 36.6. The molecule has 4 heteroatoms. The number of anilines is 3. The molecule has 0 fully saturated rings. The number of fused-ring (bicyclic) bond motifs is 9. The van der Waals surface area contributed by atoms with Gasteiger partial charge >= 0.3 is 0 Å². The summed E-state index contributed by atoms with van der Waals surface area (Å²) in [5.41, 5.74) is 18.7. The maximum absolute atomic E-state index is 6.64. The molecule has 0 aliphatic carbocycles. The first-order chi connectivity index (χ1) is 32.5. The second-order valence-electron chi connectivity index (χ2n) is 17.9. The van der Waals surface area contributed by atoms with E-state index >= 15 is 0 Å². The minimum absolute atomic E-state index is 0.860. The lowest BCUT2D eigenvalue weighted by Gasteiger charge is -2.30. The van der Waals surface area contributed by atoms with Crippen LogP contribution in [0.15, 0.2) is 233 Å². The summed E-state index contributed by atoms with van der Waals surface area (Å²) in [6, 6.07) is 81.3. The molecular weight excluding hydrogens is 819 g/mol. The molecule has 0 N–H and O–H groups in total. The molecule has 0 radical (unpaired) electrons. The van der Waals surface area contributed by atoms with Gasteiger partial charge in [-0.2, -0.15) is 0 Å². The van der Waals surface area contributed by atoms with E-state index in [9.17, 15) is 0 Å². The van der Waals surface area contributed by atoms with E-state index in [1.54, 1.807) is 0 Å². The summed E-state index contributed by atoms with van der Waals surface area (Å²) in [7, 11) is -1.97. The average molecular weight is 862 g/mol. The lowest BCUT2D eigenvalue weighted by Crippen LogP contribution is -2.49. The number of hydrogen-bond acceptors (Lipinski definition) is 3. The molecule has 1 aliphatic heterocycles. The van der Waals surface area contributed by atoms with Crippen molar-refractivity contribution in [2.45, 2.75) is 13.1 Å². The Morgan fingerprint density at radius 3 is 1.44 bits per heavy atom. The third kappa shape index (κ3) is 5.82. The van der Waals surface area contributed by atoms with Gasteiger partial charge in [0.25, 0.3) is 0 Å². The van der Waals surface area contributed by atoms with Crippen molar-refractivity contribution >= 4 is 79.4 Å². The molecule has 312 valence electrons. The van der Waals surface area contributed by atoms with E-state index < -0.39 is 8.07 Å². The SMILES string of the molecule is C[Si]1(C)c2ccccc2-c2c(N(c3ccc(-c4c(-c5ccc6oc7ccccc7c6c5-c5ccccc5)ccc5oc6ccccc6c45)cc3)c3ccccc3-c3ccccc3)cccc21. The fourth-order valence-corrected chi connectivity index (χ4v) is 14.0. The van der Waals surface area contributed by atoms with Crippen LogP contribution in [0.4, 0.5) is 17.1 Å². The van der Waals surface area contributed by atoms with Gasteiger partial charge in [-0.1, -0.05) is 177 Å². The van der Waals surface area contributed by atoms with E-state index in [-0.39, 0.29) is 0 Å². The highest BCUT2D eigenvalue weighted by molar-refractivity contribution is 7.04. The molecule has 66 heavy (non-hydrogen) atoms. The minimum Gasteiger partial charge on any atom is -0.456 e. The first-order valence-corrected chi connectivity index (χ1v) is 25.8. The minimum atomic E-state index is -1.97. The molecule has 0 bridgehead atoms. The lowest BCUT2D eigenvalue weighted by atomic mass is 9.85. The van der Waals surface area contributed by atoms with Gasteiger partial charge in [-0.05, 0) is 104 Å². The first kappa shape index (κ1) is 38.3. The van der Waals surface area contributed by atoms with Gasteiger partial charge in [0.15, 0.2) is 0 Å². The Morgan fingerprint density at radius 2 is 0.803 bits per heavy atom. The Bertz CT molecular complexity index is 3840. The highest BCUT2D eigenvalue weighted by Gasteiger charge is 2.39. The Morgan fingerprint density at radius 1 is 0.318 bits per heavy atom. The smallest absolute Gasteiger partial charge is 0.136 e. The molecule has 3 nitrogen and oxygen atoms in total. The van der Waals surface area contributed by atoms with E-state index in [0.717, 1.165) is 88.6 Å². The summed E-state index contributed by atoms with van der Waals surface area (Å²) < 4.78 is 13.2. The van der Waals surface area contributed by atoms with Crippen LogP contribution in [0.5, 0.6) is 0 Å². The van der Waals surface area contributed by atoms with Crippen molar-refractivity contribution in [2.24, 2.45) is 0 Å². The molecule has 10 aromatic carbocycles. The van der Waals surface area contributed by atoms with Gasteiger partial charge in [-0.15, -0.1) is 0 Å². The van der Waals surface area contributed by atoms with Crippen LogP contribution in [-0.2, 0) is 0 Å².